The monoisotopic (exact) mass is 235 g/mol. The second kappa shape index (κ2) is 4.52. The molecule has 0 atom stereocenters. The van der Waals surface area contributed by atoms with E-state index in [1.807, 2.05) is 0 Å². The van der Waals surface area contributed by atoms with Gasteiger partial charge in [-0.3, -0.25) is 0 Å². The molecule has 1 aliphatic rings. The highest BCUT2D eigenvalue weighted by Crippen LogP contribution is 2.05. The molecule has 0 spiro atoms. The number of benzene rings is 1. The topological polar surface area (TPSA) is 87.7 Å². The average molecular weight is 235 g/mol. The van der Waals surface area contributed by atoms with Crippen molar-refractivity contribution in [3.63, 3.8) is 0 Å². The van der Waals surface area contributed by atoms with Gasteiger partial charge in [-0.25, -0.2) is 14.4 Å². The minimum Gasteiger partial charge on any atom is -0.322 e. The van der Waals surface area contributed by atoms with E-state index >= 15 is 0 Å². The number of hydrogen-bond donors (Lipinski definition) is 2. The lowest BCUT2D eigenvalue weighted by molar-refractivity contribution is -0.0478. The first-order chi connectivity index (χ1) is 8.18. The fourth-order valence-corrected chi connectivity index (χ4v) is 1.22. The van der Waals surface area contributed by atoms with Crippen molar-refractivity contribution >= 4 is 18.0 Å². The Labute approximate surface area is 96.3 Å². The van der Waals surface area contributed by atoms with Crippen molar-refractivity contribution in [2.24, 2.45) is 0 Å². The highest BCUT2D eigenvalue weighted by Gasteiger charge is 2.30. The number of urea groups is 2. The van der Waals surface area contributed by atoms with Crippen LogP contribution in [0.4, 0.5) is 9.59 Å². The van der Waals surface area contributed by atoms with Gasteiger partial charge >= 0.3 is 18.0 Å². The largest absolute Gasteiger partial charge is 0.364 e. The van der Waals surface area contributed by atoms with E-state index in [9.17, 15) is 14.4 Å². The van der Waals surface area contributed by atoms with E-state index in [0.717, 1.165) is 0 Å². The van der Waals surface area contributed by atoms with Crippen molar-refractivity contribution in [3.8, 4) is 0 Å². The van der Waals surface area contributed by atoms with Gasteiger partial charge in [0.25, 0.3) is 0 Å². The molecule has 2 N–H and O–H groups in total. The maximum absolute atomic E-state index is 11.6. The maximum atomic E-state index is 11.6. The molecule has 0 unspecified atom stereocenters. The zero-order valence-electron chi connectivity index (χ0n) is 8.67. The van der Waals surface area contributed by atoms with E-state index in [2.05, 4.69) is 15.5 Å². The molecule has 7 heteroatoms. The molecule has 4 amide bonds. The number of carbonyl (C=O) groups excluding carboxylic acids is 3. The van der Waals surface area contributed by atoms with Gasteiger partial charge in [0.15, 0.2) is 0 Å². The van der Waals surface area contributed by atoms with Gasteiger partial charge in [0.1, 0.15) is 0 Å². The van der Waals surface area contributed by atoms with Crippen molar-refractivity contribution in [2.75, 3.05) is 6.67 Å². The summed E-state index contributed by atoms with van der Waals surface area (Å²) in [5.74, 6) is -0.780. The molecule has 0 aromatic heterocycles. The van der Waals surface area contributed by atoms with Crippen molar-refractivity contribution in [1.29, 1.82) is 0 Å². The van der Waals surface area contributed by atoms with Gasteiger partial charge in [0, 0.05) is 0 Å². The molecule has 0 radical (unpaired) electrons. The lowest BCUT2D eigenvalue weighted by Gasteiger charge is -2.24. The quantitative estimate of drug-likeness (QED) is 0.779. The zero-order chi connectivity index (χ0) is 12.3. The number of nitrogens with one attached hydrogen (secondary N) is 2. The number of hydroxylamine groups is 2. The molecule has 0 bridgehead atoms. The first-order valence-electron chi connectivity index (χ1n) is 4.81. The Morgan fingerprint density at radius 2 is 1.71 bits per heavy atom. The molecule has 0 aliphatic carbocycles. The predicted molar refractivity (Wildman–Crippen MR) is 55.6 cm³/mol. The summed E-state index contributed by atoms with van der Waals surface area (Å²) < 4.78 is 0. The number of imide groups is 1. The van der Waals surface area contributed by atoms with Crippen molar-refractivity contribution in [1.82, 2.24) is 15.7 Å². The summed E-state index contributed by atoms with van der Waals surface area (Å²) >= 11 is 0. The maximum Gasteiger partial charge on any atom is 0.364 e. The average Bonchev–Trinajstić information content (AvgIpc) is 2.35. The van der Waals surface area contributed by atoms with Gasteiger partial charge in [-0.05, 0) is 12.1 Å². The Kier molecular flexibility index (Phi) is 2.91. The minimum absolute atomic E-state index is 0.0110. The van der Waals surface area contributed by atoms with Crippen molar-refractivity contribution < 1.29 is 19.2 Å². The van der Waals surface area contributed by atoms with Crippen LogP contribution < -0.4 is 10.6 Å². The lowest BCUT2D eigenvalue weighted by atomic mass is 10.2. The molecule has 0 saturated carbocycles. The van der Waals surface area contributed by atoms with Crippen molar-refractivity contribution in [3.05, 3.63) is 35.9 Å². The molecule has 1 saturated heterocycles. The van der Waals surface area contributed by atoms with Gasteiger partial charge in [0.2, 0.25) is 0 Å². The number of hydrogen-bond acceptors (Lipinski definition) is 4. The van der Waals surface area contributed by atoms with Gasteiger partial charge in [0.05, 0.1) is 12.2 Å². The normalized spacial score (nSPS) is 14.9. The molecular formula is C10H9N3O4. The zero-order valence-corrected chi connectivity index (χ0v) is 8.67. The lowest BCUT2D eigenvalue weighted by Crippen LogP contribution is -2.57. The number of rotatable bonds is 2. The van der Waals surface area contributed by atoms with Crippen LogP contribution in [0.5, 0.6) is 0 Å². The van der Waals surface area contributed by atoms with Gasteiger partial charge < -0.3 is 15.5 Å². The summed E-state index contributed by atoms with van der Waals surface area (Å²) in [6.45, 7) is 0.0110. The summed E-state index contributed by atoms with van der Waals surface area (Å²) in [5.41, 5.74) is 0.249. The summed E-state index contributed by atoms with van der Waals surface area (Å²) in [4.78, 5) is 38.7. The van der Waals surface area contributed by atoms with E-state index in [0.29, 0.717) is 5.06 Å². The van der Waals surface area contributed by atoms with Crippen LogP contribution in [0.1, 0.15) is 10.4 Å². The highest BCUT2D eigenvalue weighted by atomic mass is 16.7. The van der Waals surface area contributed by atoms with Crippen LogP contribution >= 0.6 is 0 Å². The minimum atomic E-state index is -0.780. The molecule has 1 fully saturated rings. The second-order valence-corrected chi connectivity index (χ2v) is 3.18. The standard InChI is InChI=1S/C10H9N3O4/c14-8(7-4-2-1-3-5-7)17-13-9(15)11-6-12-10(13)16/h1-5H,6H2,(H,11,15)(H,12,16). The van der Waals surface area contributed by atoms with Crippen LogP contribution in [0.15, 0.2) is 30.3 Å². The van der Waals surface area contributed by atoms with Crippen LogP contribution in [0.2, 0.25) is 0 Å². The Bertz CT molecular complexity index is 444. The molecule has 1 aliphatic heterocycles. The van der Waals surface area contributed by atoms with E-state index < -0.39 is 18.0 Å². The van der Waals surface area contributed by atoms with Crippen LogP contribution in [-0.4, -0.2) is 29.8 Å². The fourth-order valence-electron chi connectivity index (χ4n) is 1.22. The van der Waals surface area contributed by atoms with Crippen LogP contribution in [-0.2, 0) is 4.84 Å². The smallest absolute Gasteiger partial charge is 0.322 e. The Morgan fingerprint density at radius 3 is 2.29 bits per heavy atom. The van der Waals surface area contributed by atoms with Crippen LogP contribution in [0, 0.1) is 0 Å². The first kappa shape index (κ1) is 10.9. The van der Waals surface area contributed by atoms with Gasteiger partial charge in [-0.1, -0.05) is 23.3 Å². The summed E-state index contributed by atoms with van der Waals surface area (Å²) in [5, 5.41) is 4.94. The Balaban J connectivity index is 2.08. The molecule has 1 aromatic carbocycles. The Morgan fingerprint density at radius 1 is 1.12 bits per heavy atom. The molecule has 88 valence electrons. The third kappa shape index (κ3) is 2.33. The van der Waals surface area contributed by atoms with Gasteiger partial charge in [-0.2, -0.15) is 0 Å². The SMILES string of the molecule is O=C(ON1C(=O)NCNC1=O)c1ccccc1. The number of amides is 4. The Hall–Kier alpha value is -2.57. The van der Waals surface area contributed by atoms with Crippen LogP contribution in [0.3, 0.4) is 0 Å². The summed E-state index contributed by atoms with van der Waals surface area (Å²) in [6.07, 6.45) is 0. The van der Waals surface area contributed by atoms with E-state index in [4.69, 9.17) is 0 Å². The van der Waals surface area contributed by atoms with Crippen molar-refractivity contribution in [2.45, 2.75) is 0 Å². The van der Waals surface area contributed by atoms with Crippen LogP contribution in [0.25, 0.3) is 0 Å². The predicted octanol–water partition coefficient (Wildman–Crippen LogP) is 0.451. The molecule has 7 nitrogen and oxygen atoms in total. The molecule has 1 aromatic rings. The molecule has 17 heavy (non-hydrogen) atoms. The molecule has 1 heterocycles. The number of carbonyl (C=O) groups is 3. The third-order valence-corrected chi connectivity index (χ3v) is 2.03. The first-order valence-corrected chi connectivity index (χ1v) is 4.81. The summed E-state index contributed by atoms with van der Waals surface area (Å²) in [7, 11) is 0. The second-order valence-electron chi connectivity index (χ2n) is 3.18. The molecular weight excluding hydrogens is 226 g/mol. The van der Waals surface area contributed by atoms with Gasteiger partial charge in [-0.15, -0.1) is 0 Å². The molecule has 2 rings (SSSR count). The van der Waals surface area contributed by atoms with E-state index in [-0.39, 0.29) is 12.2 Å². The van der Waals surface area contributed by atoms with E-state index in [1.54, 1.807) is 18.2 Å². The highest BCUT2D eigenvalue weighted by molar-refractivity contribution is 5.97. The fraction of sp³-hybridized carbons (Fsp3) is 0.100. The van der Waals surface area contributed by atoms with E-state index in [1.165, 1.54) is 12.1 Å². The number of nitrogens with zero attached hydrogens (tertiary/aromatic N) is 1. The third-order valence-electron chi connectivity index (χ3n) is 2.03. The summed E-state index contributed by atoms with van der Waals surface area (Å²) in [6, 6.07) is 6.50.